The molecule has 3 aromatic carbocycles. The highest BCUT2D eigenvalue weighted by molar-refractivity contribution is 6.30. The van der Waals surface area contributed by atoms with Gasteiger partial charge in [0.05, 0.1) is 19.8 Å². The van der Waals surface area contributed by atoms with Gasteiger partial charge in [-0.15, -0.1) is 0 Å². The Labute approximate surface area is 206 Å². The minimum atomic E-state index is -0.131. The molecule has 1 heterocycles. The molecule has 0 bridgehead atoms. The first-order valence-electron chi connectivity index (χ1n) is 11.6. The quantitative estimate of drug-likeness (QED) is 0.436. The minimum absolute atomic E-state index is 0.0983. The smallest absolute Gasteiger partial charge is 0.253 e. The number of amides is 1. The van der Waals surface area contributed by atoms with Gasteiger partial charge in [-0.25, -0.2) is 0 Å². The Kier molecular flexibility index (Phi) is 8.22. The molecule has 1 amide bonds. The molecular formula is C28H31ClN2O3. The van der Waals surface area contributed by atoms with Gasteiger partial charge in [-0.3, -0.25) is 9.69 Å². The molecule has 6 heteroatoms. The molecule has 1 atom stereocenters. The topological polar surface area (TPSA) is 42.0 Å². The van der Waals surface area contributed by atoms with Crippen molar-refractivity contribution in [1.82, 2.24) is 9.80 Å². The number of carbonyl (C=O) groups excluding carboxylic acids is 1. The Morgan fingerprint density at radius 2 is 1.71 bits per heavy atom. The molecule has 3 aromatic rings. The highest BCUT2D eigenvalue weighted by atomic mass is 35.5. The van der Waals surface area contributed by atoms with Crippen molar-refractivity contribution in [3.05, 3.63) is 100 Å². The van der Waals surface area contributed by atoms with Crippen LogP contribution in [0.2, 0.25) is 5.02 Å². The zero-order valence-electron chi connectivity index (χ0n) is 19.7. The standard InChI is InChI=1S/C28H31ClN2O3/c1-21-9-11-23(12-10-21)28(32)31-15-13-30(14-16-31)19-27(24-6-4-8-26(18-24)33-2)34-20-22-5-3-7-25(29)17-22/h3-12,17-18,27H,13-16,19-20H2,1-2H3/t27-/m0/s1. The summed E-state index contributed by atoms with van der Waals surface area (Å²) < 4.78 is 11.8. The number of piperazine rings is 1. The largest absolute Gasteiger partial charge is 0.497 e. The number of aryl methyl sites for hydroxylation is 1. The van der Waals surface area contributed by atoms with Gasteiger partial charge in [0.2, 0.25) is 0 Å². The van der Waals surface area contributed by atoms with E-state index >= 15 is 0 Å². The van der Waals surface area contributed by atoms with Crippen LogP contribution in [0, 0.1) is 6.92 Å². The molecule has 0 N–H and O–H groups in total. The van der Waals surface area contributed by atoms with Crippen molar-refractivity contribution in [2.75, 3.05) is 39.8 Å². The molecule has 1 fully saturated rings. The van der Waals surface area contributed by atoms with Crippen LogP contribution >= 0.6 is 11.6 Å². The molecule has 0 aromatic heterocycles. The summed E-state index contributed by atoms with van der Waals surface area (Å²) in [4.78, 5) is 17.2. The lowest BCUT2D eigenvalue weighted by molar-refractivity contribution is 0.00333. The maximum atomic E-state index is 12.9. The predicted molar refractivity (Wildman–Crippen MR) is 135 cm³/mol. The predicted octanol–water partition coefficient (Wildman–Crippen LogP) is 5.37. The lowest BCUT2D eigenvalue weighted by Gasteiger charge is -2.36. The number of nitrogens with zero attached hydrogens (tertiary/aromatic N) is 2. The summed E-state index contributed by atoms with van der Waals surface area (Å²) in [5.74, 6) is 0.906. The fraction of sp³-hybridized carbons (Fsp3) is 0.321. The fourth-order valence-corrected chi connectivity index (χ4v) is 4.38. The molecule has 1 aliphatic heterocycles. The van der Waals surface area contributed by atoms with E-state index in [0.717, 1.165) is 47.6 Å². The highest BCUT2D eigenvalue weighted by Gasteiger charge is 2.25. The van der Waals surface area contributed by atoms with Crippen LogP contribution in [0.25, 0.3) is 0 Å². The van der Waals surface area contributed by atoms with E-state index < -0.39 is 0 Å². The van der Waals surface area contributed by atoms with Crippen molar-refractivity contribution < 1.29 is 14.3 Å². The van der Waals surface area contributed by atoms with Crippen molar-refractivity contribution in [2.45, 2.75) is 19.6 Å². The Morgan fingerprint density at radius 1 is 0.971 bits per heavy atom. The van der Waals surface area contributed by atoms with Crippen LogP contribution in [0.3, 0.4) is 0 Å². The van der Waals surface area contributed by atoms with Gasteiger partial charge in [-0.2, -0.15) is 0 Å². The van der Waals surface area contributed by atoms with Gasteiger partial charge in [0.1, 0.15) is 5.75 Å². The third kappa shape index (κ3) is 6.38. The van der Waals surface area contributed by atoms with Crippen molar-refractivity contribution >= 4 is 17.5 Å². The number of hydrogen-bond donors (Lipinski definition) is 0. The number of halogens is 1. The van der Waals surface area contributed by atoms with Gasteiger partial charge >= 0.3 is 0 Å². The summed E-state index contributed by atoms with van der Waals surface area (Å²) in [6.07, 6.45) is -0.131. The fourth-order valence-electron chi connectivity index (χ4n) is 4.17. The van der Waals surface area contributed by atoms with Crippen molar-refractivity contribution in [3.63, 3.8) is 0 Å². The first-order chi connectivity index (χ1) is 16.5. The Morgan fingerprint density at radius 3 is 2.41 bits per heavy atom. The molecule has 1 aliphatic rings. The van der Waals surface area contributed by atoms with E-state index in [-0.39, 0.29) is 12.0 Å². The SMILES string of the molecule is COc1cccc([C@H](CN2CCN(C(=O)c3ccc(C)cc3)CC2)OCc2cccc(Cl)c2)c1. The summed E-state index contributed by atoms with van der Waals surface area (Å²) >= 11 is 6.15. The summed E-state index contributed by atoms with van der Waals surface area (Å²) in [5, 5.41) is 0.702. The monoisotopic (exact) mass is 478 g/mol. The molecule has 5 nitrogen and oxygen atoms in total. The number of carbonyl (C=O) groups is 1. The zero-order chi connectivity index (χ0) is 23.9. The second kappa shape index (κ2) is 11.5. The molecule has 34 heavy (non-hydrogen) atoms. The van der Waals surface area contributed by atoms with Gasteiger partial charge in [-0.1, -0.05) is 53.6 Å². The number of hydrogen-bond acceptors (Lipinski definition) is 4. The summed E-state index contributed by atoms with van der Waals surface area (Å²) in [7, 11) is 1.67. The van der Waals surface area contributed by atoms with E-state index in [1.807, 2.05) is 78.6 Å². The molecule has 178 valence electrons. The Balaban J connectivity index is 1.40. The first-order valence-corrected chi connectivity index (χ1v) is 12.0. The Hall–Kier alpha value is -2.86. The van der Waals surface area contributed by atoms with Gasteiger partial charge in [0.15, 0.2) is 0 Å². The first kappa shape index (κ1) is 24.3. The summed E-state index contributed by atoms with van der Waals surface area (Å²) in [5.41, 5.74) is 4.01. The van der Waals surface area contributed by atoms with Crippen molar-refractivity contribution in [1.29, 1.82) is 0 Å². The molecule has 0 unspecified atom stereocenters. The summed E-state index contributed by atoms with van der Waals surface area (Å²) in [6.45, 7) is 6.24. The molecule has 4 rings (SSSR count). The number of ether oxygens (including phenoxy) is 2. The van der Waals surface area contributed by atoms with Gasteiger partial charge < -0.3 is 14.4 Å². The van der Waals surface area contributed by atoms with E-state index in [0.29, 0.717) is 24.7 Å². The van der Waals surface area contributed by atoms with Crippen LogP contribution in [0.1, 0.15) is 33.2 Å². The van der Waals surface area contributed by atoms with Crippen LogP contribution in [0.4, 0.5) is 0 Å². The van der Waals surface area contributed by atoms with Crippen molar-refractivity contribution in [3.8, 4) is 5.75 Å². The number of rotatable bonds is 8. The van der Waals surface area contributed by atoms with E-state index in [1.165, 1.54) is 0 Å². The zero-order valence-corrected chi connectivity index (χ0v) is 20.5. The maximum absolute atomic E-state index is 12.9. The van der Waals surface area contributed by atoms with E-state index in [4.69, 9.17) is 21.1 Å². The summed E-state index contributed by atoms with van der Waals surface area (Å²) in [6, 6.07) is 23.6. The number of benzene rings is 3. The minimum Gasteiger partial charge on any atom is -0.497 e. The number of methoxy groups -OCH3 is 1. The van der Waals surface area contributed by atoms with Gasteiger partial charge in [-0.05, 0) is 54.4 Å². The second-order valence-electron chi connectivity index (χ2n) is 8.67. The third-order valence-corrected chi connectivity index (χ3v) is 6.42. The van der Waals surface area contributed by atoms with E-state index in [9.17, 15) is 4.79 Å². The van der Waals surface area contributed by atoms with Crippen LogP contribution in [-0.2, 0) is 11.3 Å². The van der Waals surface area contributed by atoms with Gasteiger partial charge in [0.25, 0.3) is 5.91 Å². The average molecular weight is 479 g/mol. The maximum Gasteiger partial charge on any atom is 0.253 e. The Bertz CT molecular complexity index is 1090. The lowest BCUT2D eigenvalue weighted by Crippen LogP contribution is -2.49. The van der Waals surface area contributed by atoms with E-state index in [2.05, 4.69) is 11.0 Å². The highest BCUT2D eigenvalue weighted by Crippen LogP contribution is 2.25. The lowest BCUT2D eigenvalue weighted by atomic mass is 10.1. The van der Waals surface area contributed by atoms with Crippen molar-refractivity contribution in [2.24, 2.45) is 0 Å². The second-order valence-corrected chi connectivity index (χ2v) is 9.10. The molecule has 1 saturated heterocycles. The van der Waals surface area contributed by atoms with Gasteiger partial charge in [0, 0.05) is 43.3 Å². The molecular weight excluding hydrogens is 448 g/mol. The van der Waals surface area contributed by atoms with Crippen LogP contribution < -0.4 is 4.74 Å². The van der Waals surface area contributed by atoms with Crippen LogP contribution in [0.5, 0.6) is 5.75 Å². The third-order valence-electron chi connectivity index (χ3n) is 6.19. The normalized spacial score (nSPS) is 15.2. The van der Waals surface area contributed by atoms with Crippen LogP contribution in [0.15, 0.2) is 72.8 Å². The molecule has 0 aliphatic carbocycles. The molecule has 0 radical (unpaired) electrons. The molecule has 0 spiro atoms. The van der Waals surface area contributed by atoms with E-state index in [1.54, 1.807) is 7.11 Å². The average Bonchev–Trinajstić information content (AvgIpc) is 2.87. The van der Waals surface area contributed by atoms with Crippen LogP contribution in [-0.4, -0.2) is 55.5 Å². The molecule has 0 saturated carbocycles.